The van der Waals surface area contributed by atoms with Crippen molar-refractivity contribution in [2.24, 2.45) is 0 Å². The maximum atomic E-state index is 2.62. The lowest BCUT2D eigenvalue weighted by atomic mass is 9.33. The van der Waals surface area contributed by atoms with E-state index in [9.17, 15) is 0 Å². The molecule has 0 N–H and O–H groups in total. The normalized spacial score (nSPS) is 12.4. The van der Waals surface area contributed by atoms with Gasteiger partial charge in [-0.25, -0.2) is 0 Å². The molecule has 4 aromatic heterocycles. The molecule has 2 aliphatic rings. The Kier molecular flexibility index (Phi) is 15.4. The highest BCUT2D eigenvalue weighted by molar-refractivity contribution is 7.00. The molecule has 0 fully saturated rings. The maximum absolute atomic E-state index is 2.62. The summed E-state index contributed by atoms with van der Waals surface area (Å²) in [6, 6.07) is 166. The molecule has 7 heteroatoms. The van der Waals surface area contributed by atoms with E-state index in [2.05, 4.69) is 471 Å². The molecular formula is C114H73BN6. The van der Waals surface area contributed by atoms with Crippen molar-refractivity contribution in [1.82, 2.24) is 18.3 Å². The first kappa shape index (κ1) is 68.3. The van der Waals surface area contributed by atoms with Crippen LogP contribution in [0.5, 0.6) is 0 Å². The molecule has 0 saturated carbocycles. The van der Waals surface area contributed by atoms with Gasteiger partial charge in [-0.3, -0.25) is 0 Å². The Hall–Kier alpha value is -16.0. The molecule has 121 heavy (non-hydrogen) atoms. The van der Waals surface area contributed by atoms with Crippen molar-refractivity contribution >= 4 is 144 Å². The zero-order chi connectivity index (χ0) is 79.3. The van der Waals surface area contributed by atoms with Gasteiger partial charge in [-0.15, -0.1) is 0 Å². The van der Waals surface area contributed by atoms with Crippen LogP contribution in [0, 0.1) is 0 Å². The molecule has 0 spiro atoms. The molecule has 6 nitrogen and oxygen atoms in total. The minimum atomic E-state index is -0.352. The van der Waals surface area contributed by atoms with Gasteiger partial charge >= 0.3 is 0 Å². The SMILES string of the molecule is c1ccc(-c2cc(-c3ccccc3)cc(-c3ccccc3N3c4ccc(-n5c6ccccc6c6cccc(-n7c8ccccc8c8ccccc87)c65)cc4B4c5cc(-n6c7ccccc7c7cccc(-n8c9ccccc9c9ccccc98)c76)ccc5N(c5ccccc5-c5cc(-c6ccccc6)cc(-c6ccccc6)c5)c5cccc3c54)c2)cc1. The van der Waals surface area contributed by atoms with Crippen molar-refractivity contribution in [2.45, 2.75) is 0 Å². The topological polar surface area (TPSA) is 26.2 Å². The second-order valence-corrected chi connectivity index (χ2v) is 32.2. The standard InChI is InChI=1S/C114H73BN6/c1-5-32-74(33-6-1)78-66-79(75-34-7-2-8-35-75)69-82(68-78)86-40-13-21-50-98(86)120-106-64-62-84(116-100-52-23-19-46-92(100)94-48-29-60-110(113(94)116)118-102-54-25-15-42-88(102)89-43-16-26-55-103(89)118)72-96(106)115-97-73-85(117-101-53-24-20-47-93(101)95-49-30-61-111(114(95)117)119-104-56-27-17-44-90(104)91-45-18-28-57-105(91)119)63-65-107(97)121(109-59-31-58-108(120)112(109)115)99-51-22-14-41-87(99)83-70-80(76-36-9-3-10-37-76)67-81(71-83)77-38-11-4-12-39-77/h1-73H. The average molecular weight is 1540 g/mol. The fraction of sp³-hybridized carbons (Fsp3) is 0. The van der Waals surface area contributed by atoms with Gasteiger partial charge in [0.25, 0.3) is 6.71 Å². The van der Waals surface area contributed by atoms with Crippen LogP contribution >= 0.6 is 0 Å². The molecule has 19 aromatic carbocycles. The van der Waals surface area contributed by atoms with Crippen LogP contribution in [-0.2, 0) is 0 Å². The lowest BCUT2D eigenvalue weighted by Gasteiger charge is -2.45. The number of nitrogens with zero attached hydrogens (tertiary/aromatic N) is 6. The Balaban J connectivity index is 0.798. The van der Waals surface area contributed by atoms with Crippen LogP contribution in [-0.4, -0.2) is 25.0 Å². The first-order valence-electron chi connectivity index (χ1n) is 41.8. The van der Waals surface area contributed by atoms with Crippen molar-refractivity contribution < 1.29 is 0 Å². The Morgan fingerprint density at radius 1 is 0.157 bits per heavy atom. The van der Waals surface area contributed by atoms with E-state index in [0.29, 0.717) is 0 Å². The van der Waals surface area contributed by atoms with E-state index in [1.54, 1.807) is 0 Å². The molecule has 562 valence electrons. The van der Waals surface area contributed by atoms with Gasteiger partial charge in [0.2, 0.25) is 0 Å². The van der Waals surface area contributed by atoms with Crippen LogP contribution < -0.4 is 26.2 Å². The summed E-state index contributed by atoms with van der Waals surface area (Å²) in [7, 11) is 0. The van der Waals surface area contributed by atoms with Gasteiger partial charge in [0.1, 0.15) is 0 Å². The summed E-state index contributed by atoms with van der Waals surface area (Å²) in [5, 5.41) is 9.62. The van der Waals surface area contributed by atoms with Gasteiger partial charge < -0.3 is 28.1 Å². The summed E-state index contributed by atoms with van der Waals surface area (Å²) in [5.74, 6) is 0. The van der Waals surface area contributed by atoms with E-state index in [0.717, 1.165) is 168 Å². The van der Waals surface area contributed by atoms with Crippen LogP contribution in [0.25, 0.3) is 177 Å². The molecule has 0 bridgehead atoms. The molecule has 6 heterocycles. The first-order valence-corrected chi connectivity index (χ1v) is 41.8. The molecule has 0 atom stereocenters. The van der Waals surface area contributed by atoms with Crippen LogP contribution in [0.2, 0.25) is 0 Å². The van der Waals surface area contributed by atoms with Crippen molar-refractivity contribution in [3.05, 3.63) is 443 Å². The monoisotopic (exact) mass is 1540 g/mol. The minimum absolute atomic E-state index is 0.352. The number of benzene rings is 19. The largest absolute Gasteiger partial charge is 0.311 e. The van der Waals surface area contributed by atoms with Gasteiger partial charge in [0, 0.05) is 88.3 Å². The predicted molar refractivity (Wildman–Crippen MR) is 510 cm³/mol. The summed E-state index contributed by atoms with van der Waals surface area (Å²) >= 11 is 0. The summed E-state index contributed by atoms with van der Waals surface area (Å²) in [6.07, 6.45) is 0. The molecule has 0 saturated heterocycles. The van der Waals surface area contributed by atoms with Gasteiger partial charge in [-0.05, 0) is 218 Å². The van der Waals surface area contributed by atoms with Gasteiger partial charge in [0.05, 0.1) is 66.9 Å². The molecule has 25 rings (SSSR count). The number of anilines is 6. The Bertz CT molecular complexity index is 7480. The zero-order valence-electron chi connectivity index (χ0n) is 65.9. The predicted octanol–water partition coefficient (Wildman–Crippen LogP) is 28.2. The van der Waals surface area contributed by atoms with E-state index in [1.807, 2.05) is 0 Å². The summed E-state index contributed by atoms with van der Waals surface area (Å²) in [5.41, 5.74) is 37.3. The van der Waals surface area contributed by atoms with Gasteiger partial charge in [-0.2, -0.15) is 0 Å². The minimum Gasteiger partial charge on any atom is -0.311 e. The Morgan fingerprint density at radius 3 is 0.760 bits per heavy atom. The molecule has 0 aliphatic carbocycles. The number of rotatable bonds is 12. The number of aromatic nitrogens is 4. The van der Waals surface area contributed by atoms with E-state index >= 15 is 0 Å². The van der Waals surface area contributed by atoms with Gasteiger partial charge in [0.15, 0.2) is 0 Å². The fourth-order valence-corrected chi connectivity index (χ4v) is 20.6. The highest BCUT2D eigenvalue weighted by atomic mass is 15.2. The summed E-state index contributed by atoms with van der Waals surface area (Å²) in [4.78, 5) is 5.24. The van der Waals surface area contributed by atoms with Crippen molar-refractivity contribution in [2.75, 3.05) is 9.80 Å². The number of hydrogen-bond donors (Lipinski definition) is 0. The number of para-hydroxylation sites is 10. The third kappa shape index (κ3) is 10.6. The van der Waals surface area contributed by atoms with E-state index < -0.39 is 0 Å². The second kappa shape index (κ2) is 27.3. The first-order chi connectivity index (χ1) is 60.1. The molecule has 0 radical (unpaired) electrons. The highest BCUT2D eigenvalue weighted by Gasteiger charge is 2.45. The Labute approximate surface area is 700 Å². The second-order valence-electron chi connectivity index (χ2n) is 32.2. The maximum Gasteiger partial charge on any atom is 0.252 e. The number of fused-ring (bicyclic) bond motifs is 16. The van der Waals surface area contributed by atoms with Crippen LogP contribution in [0.1, 0.15) is 0 Å². The third-order valence-corrected chi connectivity index (χ3v) is 25.7. The zero-order valence-corrected chi connectivity index (χ0v) is 65.9. The van der Waals surface area contributed by atoms with Crippen LogP contribution in [0.4, 0.5) is 34.1 Å². The summed E-state index contributed by atoms with van der Waals surface area (Å²) < 4.78 is 10.2. The van der Waals surface area contributed by atoms with Gasteiger partial charge in [-0.1, -0.05) is 297 Å². The van der Waals surface area contributed by atoms with E-state index in [-0.39, 0.29) is 6.71 Å². The quantitative estimate of drug-likeness (QED) is 0.114. The third-order valence-electron chi connectivity index (χ3n) is 25.7. The van der Waals surface area contributed by atoms with E-state index in [1.165, 1.54) is 59.5 Å². The molecule has 0 amide bonds. The summed E-state index contributed by atoms with van der Waals surface area (Å²) in [6.45, 7) is -0.352. The lowest BCUT2D eigenvalue weighted by Crippen LogP contribution is -2.61. The molecule has 2 aliphatic heterocycles. The van der Waals surface area contributed by atoms with Crippen molar-refractivity contribution in [3.63, 3.8) is 0 Å². The lowest BCUT2D eigenvalue weighted by molar-refractivity contribution is 1.13. The smallest absolute Gasteiger partial charge is 0.252 e. The Morgan fingerprint density at radius 2 is 0.413 bits per heavy atom. The van der Waals surface area contributed by atoms with Crippen molar-refractivity contribution in [1.29, 1.82) is 0 Å². The number of hydrogen-bond acceptors (Lipinski definition) is 2. The van der Waals surface area contributed by atoms with E-state index in [4.69, 9.17) is 0 Å². The average Bonchev–Trinajstić information content (AvgIpc) is 1.06. The van der Waals surface area contributed by atoms with Crippen molar-refractivity contribution in [3.8, 4) is 89.5 Å². The molecule has 0 unspecified atom stereocenters. The molecular weight excluding hydrogens is 1460 g/mol. The van der Waals surface area contributed by atoms with Crippen LogP contribution in [0.15, 0.2) is 443 Å². The highest BCUT2D eigenvalue weighted by Crippen LogP contribution is 2.52. The fourth-order valence-electron chi connectivity index (χ4n) is 20.6. The molecule has 23 aromatic rings. The van der Waals surface area contributed by atoms with Crippen LogP contribution in [0.3, 0.4) is 0 Å².